The molecule has 1 aliphatic heterocycles. The summed E-state index contributed by atoms with van der Waals surface area (Å²) in [5.41, 5.74) is 0.988. The molecule has 1 N–H and O–H groups in total. The molecule has 1 unspecified atom stereocenters. The number of nitrogens with one attached hydrogen (secondary N) is 1. The summed E-state index contributed by atoms with van der Waals surface area (Å²) in [6, 6.07) is 6.25. The van der Waals surface area contributed by atoms with E-state index in [-0.39, 0.29) is 18.0 Å². The standard InChI is InChI=1S/C19H22N4O3S/c1-11(18(24)20-9-12-2-7-15-16(8-12)26-10-25-15)27-19-22-21-17(13-3-4-13)23(19)14-5-6-14/h2,7-8,11,13-14H,3-6,9-10H2,1H3,(H,20,24). The fourth-order valence-electron chi connectivity index (χ4n) is 3.26. The molecule has 0 bridgehead atoms. The van der Waals surface area contributed by atoms with Gasteiger partial charge in [-0.3, -0.25) is 4.79 Å². The van der Waals surface area contributed by atoms with Gasteiger partial charge in [0.15, 0.2) is 16.7 Å². The Labute approximate surface area is 161 Å². The second kappa shape index (κ2) is 6.74. The first-order valence-corrected chi connectivity index (χ1v) is 10.3. The first kappa shape index (κ1) is 16.9. The van der Waals surface area contributed by atoms with Crippen LogP contribution in [-0.2, 0) is 11.3 Å². The minimum Gasteiger partial charge on any atom is -0.454 e. The lowest BCUT2D eigenvalue weighted by Crippen LogP contribution is -2.30. The van der Waals surface area contributed by atoms with E-state index in [2.05, 4.69) is 20.1 Å². The van der Waals surface area contributed by atoms with Gasteiger partial charge in [-0.25, -0.2) is 0 Å². The lowest BCUT2D eigenvalue weighted by Gasteiger charge is -2.13. The zero-order valence-electron chi connectivity index (χ0n) is 15.2. The number of hydrogen-bond donors (Lipinski definition) is 1. The van der Waals surface area contributed by atoms with Crippen molar-refractivity contribution in [1.29, 1.82) is 0 Å². The van der Waals surface area contributed by atoms with E-state index in [1.807, 2.05) is 25.1 Å². The maximum absolute atomic E-state index is 12.6. The Morgan fingerprint density at radius 3 is 2.85 bits per heavy atom. The molecule has 1 aromatic carbocycles. The highest BCUT2D eigenvalue weighted by molar-refractivity contribution is 8.00. The Hall–Kier alpha value is -2.22. The van der Waals surface area contributed by atoms with E-state index in [4.69, 9.17) is 9.47 Å². The Bertz CT molecular complexity index is 876. The van der Waals surface area contributed by atoms with E-state index in [1.165, 1.54) is 37.4 Å². The normalized spacial score (nSPS) is 19.1. The van der Waals surface area contributed by atoms with Gasteiger partial charge >= 0.3 is 0 Å². The van der Waals surface area contributed by atoms with Gasteiger partial charge in [-0.15, -0.1) is 10.2 Å². The summed E-state index contributed by atoms with van der Waals surface area (Å²) in [4.78, 5) is 12.6. The summed E-state index contributed by atoms with van der Waals surface area (Å²) in [6.07, 6.45) is 4.80. The van der Waals surface area contributed by atoms with Crippen LogP contribution in [0.25, 0.3) is 0 Å². The van der Waals surface area contributed by atoms with E-state index in [9.17, 15) is 4.79 Å². The van der Waals surface area contributed by atoms with Crippen molar-refractivity contribution in [2.75, 3.05) is 6.79 Å². The van der Waals surface area contributed by atoms with Crippen molar-refractivity contribution in [2.24, 2.45) is 0 Å². The maximum Gasteiger partial charge on any atom is 0.233 e. The number of benzene rings is 1. The van der Waals surface area contributed by atoms with Crippen molar-refractivity contribution in [3.05, 3.63) is 29.6 Å². The number of hydrogen-bond acceptors (Lipinski definition) is 6. The third-order valence-electron chi connectivity index (χ3n) is 5.10. The van der Waals surface area contributed by atoms with Gasteiger partial charge in [0.05, 0.1) is 5.25 Å². The van der Waals surface area contributed by atoms with Crippen LogP contribution in [-0.4, -0.2) is 32.7 Å². The zero-order chi connectivity index (χ0) is 18.4. The van der Waals surface area contributed by atoms with Gasteiger partial charge in [0.2, 0.25) is 12.7 Å². The summed E-state index contributed by atoms with van der Waals surface area (Å²) in [7, 11) is 0. The van der Waals surface area contributed by atoms with Crippen molar-refractivity contribution in [3.63, 3.8) is 0 Å². The Morgan fingerprint density at radius 2 is 2.07 bits per heavy atom. The highest BCUT2D eigenvalue weighted by Crippen LogP contribution is 2.46. The molecule has 142 valence electrons. The molecule has 5 rings (SSSR count). The summed E-state index contributed by atoms with van der Waals surface area (Å²) < 4.78 is 13.0. The first-order chi connectivity index (χ1) is 13.2. The van der Waals surface area contributed by atoms with E-state index in [0.29, 0.717) is 18.5 Å². The van der Waals surface area contributed by atoms with Crippen LogP contribution in [0, 0.1) is 0 Å². The number of carbonyl (C=O) groups is 1. The number of amides is 1. The quantitative estimate of drug-likeness (QED) is 0.737. The largest absolute Gasteiger partial charge is 0.454 e. The molecule has 27 heavy (non-hydrogen) atoms. The molecular formula is C19H22N4O3S. The predicted octanol–water partition coefficient (Wildman–Crippen LogP) is 3.02. The van der Waals surface area contributed by atoms with Gasteiger partial charge in [0, 0.05) is 18.5 Å². The van der Waals surface area contributed by atoms with E-state index in [0.717, 1.165) is 28.0 Å². The van der Waals surface area contributed by atoms with Crippen LogP contribution in [0.2, 0.25) is 0 Å². The summed E-state index contributed by atoms with van der Waals surface area (Å²) in [5, 5.41) is 12.5. The lowest BCUT2D eigenvalue weighted by molar-refractivity contribution is -0.120. The van der Waals surface area contributed by atoms with Gasteiger partial charge in [0.1, 0.15) is 5.82 Å². The molecule has 8 heteroatoms. The molecule has 2 heterocycles. The van der Waals surface area contributed by atoms with Gasteiger partial charge < -0.3 is 19.4 Å². The summed E-state index contributed by atoms with van der Waals surface area (Å²) in [5.74, 6) is 3.17. The number of rotatable bonds is 7. The fourth-order valence-corrected chi connectivity index (χ4v) is 4.21. The van der Waals surface area contributed by atoms with Crippen LogP contribution in [0.4, 0.5) is 0 Å². The van der Waals surface area contributed by atoms with Crippen molar-refractivity contribution >= 4 is 17.7 Å². The Morgan fingerprint density at radius 1 is 1.26 bits per heavy atom. The molecule has 0 spiro atoms. The van der Waals surface area contributed by atoms with Crippen LogP contribution in [0.1, 0.15) is 56.0 Å². The molecule has 2 fully saturated rings. The SMILES string of the molecule is CC(Sc1nnc(C2CC2)n1C1CC1)C(=O)NCc1ccc2c(c1)OCO2. The predicted molar refractivity (Wildman–Crippen MR) is 100.0 cm³/mol. The van der Waals surface area contributed by atoms with Crippen molar-refractivity contribution in [2.45, 2.75) is 61.5 Å². The topological polar surface area (TPSA) is 78.3 Å². The third-order valence-corrected chi connectivity index (χ3v) is 6.16. The van der Waals surface area contributed by atoms with E-state index >= 15 is 0 Å². The van der Waals surface area contributed by atoms with Gasteiger partial charge in [-0.2, -0.15) is 0 Å². The first-order valence-electron chi connectivity index (χ1n) is 9.47. The smallest absolute Gasteiger partial charge is 0.233 e. The molecule has 0 radical (unpaired) electrons. The molecule has 0 saturated heterocycles. The van der Waals surface area contributed by atoms with Crippen LogP contribution in [0.15, 0.2) is 23.4 Å². The highest BCUT2D eigenvalue weighted by Gasteiger charge is 2.37. The minimum atomic E-state index is -0.229. The van der Waals surface area contributed by atoms with Crippen molar-refractivity contribution in [3.8, 4) is 11.5 Å². The van der Waals surface area contributed by atoms with Crippen molar-refractivity contribution < 1.29 is 14.3 Å². The molecular weight excluding hydrogens is 364 g/mol. The zero-order valence-corrected chi connectivity index (χ0v) is 16.0. The number of nitrogens with zero attached hydrogens (tertiary/aromatic N) is 3. The van der Waals surface area contributed by atoms with Gasteiger partial charge in [-0.1, -0.05) is 17.8 Å². The second-order valence-electron chi connectivity index (χ2n) is 7.38. The second-order valence-corrected chi connectivity index (χ2v) is 8.69. The number of fused-ring (bicyclic) bond motifs is 1. The highest BCUT2D eigenvalue weighted by atomic mass is 32.2. The molecule has 7 nitrogen and oxygen atoms in total. The summed E-state index contributed by atoms with van der Waals surface area (Å²) >= 11 is 1.50. The third kappa shape index (κ3) is 3.50. The van der Waals surface area contributed by atoms with Crippen LogP contribution >= 0.6 is 11.8 Å². The summed E-state index contributed by atoms with van der Waals surface area (Å²) in [6.45, 7) is 2.63. The molecule has 2 saturated carbocycles. The van der Waals surface area contributed by atoms with E-state index in [1.54, 1.807) is 0 Å². The van der Waals surface area contributed by atoms with Crippen molar-refractivity contribution in [1.82, 2.24) is 20.1 Å². The molecule has 2 aromatic rings. The Balaban J connectivity index is 1.21. The van der Waals surface area contributed by atoms with E-state index < -0.39 is 0 Å². The molecule has 1 aromatic heterocycles. The van der Waals surface area contributed by atoms with Gasteiger partial charge in [-0.05, 0) is 50.3 Å². The van der Waals surface area contributed by atoms with Gasteiger partial charge in [0.25, 0.3) is 0 Å². The minimum absolute atomic E-state index is 0.00372. The molecule has 2 aliphatic carbocycles. The average molecular weight is 386 g/mol. The van der Waals surface area contributed by atoms with Crippen LogP contribution < -0.4 is 14.8 Å². The maximum atomic E-state index is 12.6. The lowest BCUT2D eigenvalue weighted by atomic mass is 10.2. The molecule has 1 atom stereocenters. The van der Waals surface area contributed by atoms with Crippen LogP contribution in [0.5, 0.6) is 11.5 Å². The number of carbonyl (C=O) groups excluding carboxylic acids is 1. The number of aromatic nitrogens is 3. The fraction of sp³-hybridized carbons (Fsp3) is 0.526. The molecule has 1 amide bonds. The van der Waals surface area contributed by atoms with Crippen LogP contribution in [0.3, 0.4) is 0 Å². The Kier molecular flexibility index (Phi) is 4.22. The molecule has 3 aliphatic rings. The number of ether oxygens (including phenoxy) is 2. The number of thioether (sulfide) groups is 1. The average Bonchev–Trinajstić information content (AvgIpc) is 3.60. The monoisotopic (exact) mass is 386 g/mol.